The molecular weight excluding hydrogens is 457 g/mol. The fourth-order valence-corrected chi connectivity index (χ4v) is 6.17. The third kappa shape index (κ3) is 5.40. The number of nitrogens with one attached hydrogen (secondary N) is 1. The molecule has 190 valence electrons. The molecule has 4 heterocycles. The minimum absolute atomic E-state index is 0.0965. The van der Waals surface area contributed by atoms with Crippen molar-refractivity contribution in [1.82, 2.24) is 15.1 Å². The number of halogens is 5. The maximum Gasteiger partial charge on any atom is 0.420 e. The van der Waals surface area contributed by atoms with Crippen LogP contribution in [0.25, 0.3) is 0 Å². The van der Waals surface area contributed by atoms with Crippen LogP contribution in [0.1, 0.15) is 44.1 Å². The molecule has 1 aromatic heterocycles. The van der Waals surface area contributed by atoms with Crippen molar-refractivity contribution >= 4 is 11.6 Å². The number of ether oxygens (including phenoxy) is 1. The number of piperidine rings is 1. The molecular formula is C23H32F5N5O. The van der Waals surface area contributed by atoms with Crippen LogP contribution in [0.15, 0.2) is 6.07 Å². The molecule has 0 radical (unpaired) electrons. The lowest BCUT2D eigenvalue weighted by molar-refractivity contribution is -0.137. The van der Waals surface area contributed by atoms with Gasteiger partial charge in [0.2, 0.25) is 0 Å². The Labute approximate surface area is 196 Å². The molecule has 0 bridgehead atoms. The molecule has 3 aliphatic heterocycles. The van der Waals surface area contributed by atoms with E-state index in [1.54, 1.807) is 0 Å². The molecule has 5 rings (SSSR count). The maximum atomic E-state index is 13.8. The van der Waals surface area contributed by atoms with Gasteiger partial charge in [-0.15, -0.1) is 10.2 Å². The van der Waals surface area contributed by atoms with E-state index in [4.69, 9.17) is 4.74 Å². The van der Waals surface area contributed by atoms with Crippen molar-refractivity contribution in [3.8, 4) is 0 Å². The molecule has 1 N–H and O–H groups in total. The van der Waals surface area contributed by atoms with Gasteiger partial charge in [-0.2, -0.15) is 13.2 Å². The fourth-order valence-electron chi connectivity index (χ4n) is 6.17. The second kappa shape index (κ2) is 9.37. The van der Waals surface area contributed by atoms with E-state index in [0.29, 0.717) is 17.8 Å². The number of likely N-dealkylation sites (tertiary alicyclic amines) is 1. The van der Waals surface area contributed by atoms with Crippen molar-refractivity contribution in [1.29, 1.82) is 0 Å². The molecule has 1 saturated carbocycles. The highest BCUT2D eigenvalue weighted by Gasteiger charge is 2.43. The third-order valence-corrected chi connectivity index (χ3v) is 7.83. The average molecular weight is 490 g/mol. The first-order valence-corrected chi connectivity index (χ1v) is 12.3. The van der Waals surface area contributed by atoms with Gasteiger partial charge in [0, 0.05) is 51.9 Å². The summed E-state index contributed by atoms with van der Waals surface area (Å²) in [7, 11) is 0. The normalized spacial score (nSPS) is 28.9. The quantitative estimate of drug-likeness (QED) is 0.624. The Morgan fingerprint density at radius 2 is 1.79 bits per heavy atom. The van der Waals surface area contributed by atoms with Gasteiger partial charge < -0.3 is 19.9 Å². The summed E-state index contributed by atoms with van der Waals surface area (Å²) in [4.78, 5) is 3.70. The zero-order valence-electron chi connectivity index (χ0n) is 19.2. The van der Waals surface area contributed by atoms with Crippen molar-refractivity contribution in [3.63, 3.8) is 0 Å². The summed E-state index contributed by atoms with van der Waals surface area (Å²) in [5.41, 5.74) is -0.940. The van der Waals surface area contributed by atoms with Crippen molar-refractivity contribution in [2.45, 2.75) is 56.7 Å². The molecule has 1 aliphatic carbocycles. The Kier molecular flexibility index (Phi) is 6.60. The van der Waals surface area contributed by atoms with Gasteiger partial charge in [0.15, 0.2) is 11.6 Å². The van der Waals surface area contributed by atoms with Crippen LogP contribution >= 0.6 is 0 Å². The van der Waals surface area contributed by atoms with Gasteiger partial charge in [0.1, 0.15) is 5.56 Å². The van der Waals surface area contributed by atoms with Crippen molar-refractivity contribution < 1.29 is 26.7 Å². The average Bonchev–Trinajstić information content (AvgIpc) is 3.31. The lowest BCUT2D eigenvalue weighted by atomic mass is 10.00. The molecule has 0 spiro atoms. The van der Waals surface area contributed by atoms with E-state index in [9.17, 15) is 22.0 Å². The van der Waals surface area contributed by atoms with Gasteiger partial charge in [-0.05, 0) is 55.9 Å². The molecule has 4 fully saturated rings. The Morgan fingerprint density at radius 1 is 1.09 bits per heavy atom. The van der Waals surface area contributed by atoms with Gasteiger partial charge in [-0.3, -0.25) is 0 Å². The summed E-state index contributed by atoms with van der Waals surface area (Å²) in [5, 5.41) is 10.7. The number of nitrogens with zero attached hydrogens (tertiary/aromatic N) is 4. The van der Waals surface area contributed by atoms with Crippen molar-refractivity contribution in [3.05, 3.63) is 11.6 Å². The monoisotopic (exact) mass is 489 g/mol. The molecule has 0 unspecified atom stereocenters. The second-order valence-corrected chi connectivity index (χ2v) is 10.5. The summed E-state index contributed by atoms with van der Waals surface area (Å²) < 4.78 is 74.5. The smallest absolute Gasteiger partial charge is 0.381 e. The third-order valence-electron chi connectivity index (χ3n) is 7.83. The lowest BCUT2D eigenvalue weighted by Crippen LogP contribution is -2.43. The van der Waals surface area contributed by atoms with E-state index < -0.39 is 24.2 Å². The van der Waals surface area contributed by atoms with Gasteiger partial charge in [-0.25, -0.2) is 8.78 Å². The Bertz CT molecular complexity index is 849. The number of aromatic nitrogens is 2. The van der Waals surface area contributed by atoms with Gasteiger partial charge >= 0.3 is 6.18 Å². The van der Waals surface area contributed by atoms with Crippen LogP contribution in [-0.4, -0.2) is 73.0 Å². The van der Waals surface area contributed by atoms with Crippen LogP contribution in [0.2, 0.25) is 0 Å². The molecule has 3 saturated heterocycles. The molecule has 0 aromatic carbocycles. The number of anilines is 2. The van der Waals surface area contributed by atoms with Crippen LogP contribution in [0.5, 0.6) is 0 Å². The van der Waals surface area contributed by atoms with Gasteiger partial charge in [0.25, 0.3) is 5.92 Å². The molecule has 4 aliphatic rings. The van der Waals surface area contributed by atoms with Gasteiger partial charge in [0.05, 0.1) is 6.54 Å². The van der Waals surface area contributed by atoms with E-state index in [-0.39, 0.29) is 37.1 Å². The highest BCUT2D eigenvalue weighted by atomic mass is 19.4. The van der Waals surface area contributed by atoms with Crippen LogP contribution in [0, 0.1) is 17.8 Å². The summed E-state index contributed by atoms with van der Waals surface area (Å²) in [6.45, 7) is 4.32. The standard InChI is InChI=1S/C23H32F5N5O/c24-22(25)4-1-5-33(14-22)20-10-19(23(26,27)28)21(31-30-20)29-18-8-16-12-32(13-17(16)9-18)11-15-2-6-34-7-3-15/h10,15-18H,1-9,11-14H2,(H,29,31)/t16-,17-/m1/s1. The van der Waals surface area contributed by atoms with E-state index in [1.165, 1.54) is 4.90 Å². The number of hydrogen-bond acceptors (Lipinski definition) is 6. The largest absolute Gasteiger partial charge is 0.420 e. The highest BCUT2D eigenvalue weighted by molar-refractivity contribution is 5.53. The first kappa shape index (κ1) is 24.0. The van der Waals surface area contributed by atoms with Crippen molar-refractivity contribution in [2.24, 2.45) is 17.8 Å². The molecule has 0 amide bonds. The molecule has 6 nitrogen and oxygen atoms in total. The minimum atomic E-state index is -4.65. The topological polar surface area (TPSA) is 53.5 Å². The van der Waals surface area contributed by atoms with Crippen LogP contribution < -0.4 is 10.2 Å². The van der Waals surface area contributed by atoms with E-state index in [1.807, 2.05) is 0 Å². The molecule has 11 heteroatoms. The van der Waals surface area contributed by atoms with Crippen LogP contribution in [0.3, 0.4) is 0 Å². The summed E-state index contributed by atoms with van der Waals surface area (Å²) in [5.74, 6) is -1.78. The minimum Gasteiger partial charge on any atom is -0.381 e. The molecule has 2 atom stereocenters. The lowest BCUT2D eigenvalue weighted by Gasteiger charge is -2.33. The predicted octanol–water partition coefficient (Wildman–Crippen LogP) is 4.28. The Hall–Kier alpha value is -1.75. The summed E-state index contributed by atoms with van der Waals surface area (Å²) >= 11 is 0. The zero-order valence-corrected chi connectivity index (χ0v) is 19.2. The van der Waals surface area contributed by atoms with Crippen molar-refractivity contribution in [2.75, 3.05) is 56.2 Å². The van der Waals surface area contributed by atoms with E-state index in [2.05, 4.69) is 20.4 Å². The predicted molar refractivity (Wildman–Crippen MR) is 117 cm³/mol. The summed E-state index contributed by atoms with van der Waals surface area (Å²) in [6, 6.07) is 0.767. The first-order chi connectivity index (χ1) is 16.2. The Balaban J connectivity index is 1.22. The molecule has 1 aromatic rings. The molecule has 34 heavy (non-hydrogen) atoms. The fraction of sp³-hybridized carbons (Fsp3) is 0.826. The Morgan fingerprint density at radius 3 is 2.44 bits per heavy atom. The number of hydrogen-bond donors (Lipinski definition) is 1. The van der Waals surface area contributed by atoms with Gasteiger partial charge in [-0.1, -0.05) is 0 Å². The zero-order chi connectivity index (χ0) is 23.9. The number of fused-ring (bicyclic) bond motifs is 1. The van der Waals surface area contributed by atoms with E-state index in [0.717, 1.165) is 64.6 Å². The number of rotatable bonds is 5. The first-order valence-electron chi connectivity index (χ1n) is 12.3. The number of alkyl halides is 5. The summed E-state index contributed by atoms with van der Waals surface area (Å²) in [6.07, 6.45) is -0.923. The van der Waals surface area contributed by atoms with Crippen LogP contribution in [0.4, 0.5) is 33.6 Å². The second-order valence-electron chi connectivity index (χ2n) is 10.5. The van der Waals surface area contributed by atoms with Crippen LogP contribution in [-0.2, 0) is 10.9 Å². The SMILES string of the molecule is FC1(F)CCCN(c2cc(C(F)(F)F)c(NC3C[C@@H]4CN(CC5CCOCC5)C[C@H]4C3)nn2)C1. The maximum absolute atomic E-state index is 13.8. The highest BCUT2D eigenvalue weighted by Crippen LogP contribution is 2.42. The van der Waals surface area contributed by atoms with E-state index >= 15 is 0 Å².